The summed E-state index contributed by atoms with van der Waals surface area (Å²) in [6.45, 7) is 0.294. The van der Waals surface area contributed by atoms with Gasteiger partial charge in [-0.25, -0.2) is 4.39 Å². The van der Waals surface area contributed by atoms with Gasteiger partial charge in [0.1, 0.15) is 11.6 Å². The van der Waals surface area contributed by atoms with Gasteiger partial charge in [0, 0.05) is 40.3 Å². The largest absolute Gasteiger partial charge is 0.497 e. The van der Waals surface area contributed by atoms with Gasteiger partial charge in [0.25, 0.3) is 0 Å². The average molecular weight is 317 g/mol. The first-order valence-corrected chi connectivity index (χ1v) is 7.13. The number of hydrogen-bond acceptors (Lipinski definition) is 3. The van der Waals surface area contributed by atoms with Crippen LogP contribution < -0.4 is 10.5 Å². The Hall–Kier alpha value is -2.17. The molecule has 0 amide bonds. The highest BCUT2D eigenvalue weighted by atomic mass is 35.5. The highest BCUT2D eigenvalue weighted by molar-refractivity contribution is 6.31. The Balaban J connectivity index is 2.28. The van der Waals surface area contributed by atoms with Gasteiger partial charge in [-0.3, -0.25) is 4.98 Å². The van der Waals surface area contributed by atoms with E-state index in [-0.39, 0.29) is 5.82 Å². The SMILES string of the molecule is COc1ccc(-c2cnc(CN)c3cc(Cl)ccc23)c(F)c1. The fraction of sp³-hybridized carbons (Fsp3) is 0.118. The second kappa shape index (κ2) is 5.91. The summed E-state index contributed by atoms with van der Waals surface area (Å²) >= 11 is 6.06. The predicted molar refractivity (Wildman–Crippen MR) is 86.6 cm³/mol. The summed E-state index contributed by atoms with van der Waals surface area (Å²) in [4.78, 5) is 4.34. The van der Waals surface area contributed by atoms with Crippen molar-refractivity contribution in [3.05, 3.63) is 59.1 Å². The Morgan fingerprint density at radius 3 is 2.64 bits per heavy atom. The molecule has 0 fully saturated rings. The molecule has 0 saturated heterocycles. The summed E-state index contributed by atoms with van der Waals surface area (Å²) in [5.74, 6) is 0.109. The molecule has 0 aliphatic heterocycles. The molecule has 1 heterocycles. The van der Waals surface area contributed by atoms with Crippen LogP contribution in [0, 0.1) is 5.82 Å². The molecule has 0 saturated carbocycles. The first kappa shape index (κ1) is 14.8. The molecule has 3 aromatic rings. The van der Waals surface area contributed by atoms with Crippen LogP contribution in [0.2, 0.25) is 5.02 Å². The van der Waals surface area contributed by atoms with E-state index >= 15 is 0 Å². The smallest absolute Gasteiger partial charge is 0.134 e. The van der Waals surface area contributed by atoms with Gasteiger partial charge in [-0.05, 0) is 29.7 Å². The van der Waals surface area contributed by atoms with Gasteiger partial charge in [0.15, 0.2) is 0 Å². The molecule has 0 radical (unpaired) electrons. The molecule has 0 aliphatic rings. The number of hydrogen-bond donors (Lipinski definition) is 1. The first-order valence-electron chi connectivity index (χ1n) is 6.75. The van der Waals surface area contributed by atoms with Crippen LogP contribution in [0.4, 0.5) is 4.39 Å². The van der Waals surface area contributed by atoms with Crippen LogP contribution in [0.25, 0.3) is 21.9 Å². The van der Waals surface area contributed by atoms with Crippen molar-refractivity contribution in [1.82, 2.24) is 4.98 Å². The van der Waals surface area contributed by atoms with Crippen LogP contribution in [0.1, 0.15) is 5.69 Å². The average Bonchev–Trinajstić information content (AvgIpc) is 2.53. The lowest BCUT2D eigenvalue weighted by atomic mass is 9.98. The Labute approximate surface area is 132 Å². The van der Waals surface area contributed by atoms with E-state index in [4.69, 9.17) is 22.1 Å². The first-order chi connectivity index (χ1) is 10.6. The third kappa shape index (κ3) is 2.51. The lowest BCUT2D eigenvalue weighted by Crippen LogP contribution is -2.01. The molecule has 0 bridgehead atoms. The second-order valence-corrected chi connectivity index (χ2v) is 5.29. The van der Waals surface area contributed by atoms with Crippen molar-refractivity contribution >= 4 is 22.4 Å². The van der Waals surface area contributed by atoms with Crippen molar-refractivity contribution in [2.45, 2.75) is 6.54 Å². The maximum absolute atomic E-state index is 14.4. The monoisotopic (exact) mass is 316 g/mol. The van der Waals surface area contributed by atoms with Crippen molar-refractivity contribution in [3.8, 4) is 16.9 Å². The third-order valence-corrected chi connectivity index (χ3v) is 3.83. The number of nitrogens with zero attached hydrogens (tertiary/aromatic N) is 1. The molecule has 0 aliphatic carbocycles. The number of benzene rings is 2. The predicted octanol–water partition coefficient (Wildman–Crippen LogP) is 4.16. The fourth-order valence-electron chi connectivity index (χ4n) is 2.49. The molecule has 3 nitrogen and oxygen atoms in total. The zero-order chi connectivity index (χ0) is 15.7. The Bertz CT molecular complexity index is 851. The van der Waals surface area contributed by atoms with E-state index in [0.29, 0.717) is 28.4 Å². The normalized spacial score (nSPS) is 10.9. The summed E-state index contributed by atoms with van der Waals surface area (Å²) < 4.78 is 19.4. The van der Waals surface area contributed by atoms with Crippen LogP contribution in [0.15, 0.2) is 42.6 Å². The molecule has 0 unspecified atom stereocenters. The van der Waals surface area contributed by atoms with E-state index in [1.807, 2.05) is 6.07 Å². The minimum absolute atomic E-state index is 0.294. The molecule has 2 N–H and O–H groups in total. The van der Waals surface area contributed by atoms with Crippen LogP contribution in [0.3, 0.4) is 0 Å². The minimum Gasteiger partial charge on any atom is -0.497 e. The van der Waals surface area contributed by atoms with Crippen LogP contribution in [0.5, 0.6) is 5.75 Å². The van der Waals surface area contributed by atoms with Gasteiger partial charge in [0.2, 0.25) is 0 Å². The standard InChI is InChI=1S/C17H14ClFN2O/c1-22-11-3-5-13(16(19)7-11)15-9-21-17(8-20)14-6-10(18)2-4-12(14)15/h2-7,9H,8,20H2,1H3. The quantitative estimate of drug-likeness (QED) is 0.789. The maximum atomic E-state index is 14.4. The van der Waals surface area contributed by atoms with Crippen molar-refractivity contribution in [3.63, 3.8) is 0 Å². The van der Waals surface area contributed by atoms with Gasteiger partial charge in [-0.15, -0.1) is 0 Å². The lowest BCUT2D eigenvalue weighted by molar-refractivity contribution is 0.411. The molecule has 5 heteroatoms. The van der Waals surface area contributed by atoms with Crippen LogP contribution in [-0.2, 0) is 6.54 Å². The van der Waals surface area contributed by atoms with Crippen LogP contribution >= 0.6 is 11.6 Å². The summed E-state index contributed by atoms with van der Waals surface area (Å²) in [6.07, 6.45) is 1.64. The molecule has 3 rings (SSSR count). The Morgan fingerprint density at radius 1 is 1.14 bits per heavy atom. The van der Waals surface area contributed by atoms with Crippen LogP contribution in [-0.4, -0.2) is 12.1 Å². The van der Waals surface area contributed by atoms with Crippen molar-refractivity contribution in [2.24, 2.45) is 5.73 Å². The van der Waals surface area contributed by atoms with E-state index in [1.54, 1.807) is 30.5 Å². The number of ether oxygens (including phenoxy) is 1. The Morgan fingerprint density at radius 2 is 1.95 bits per heavy atom. The summed E-state index contributed by atoms with van der Waals surface area (Å²) in [5.41, 5.74) is 7.62. The van der Waals surface area contributed by atoms with Crippen molar-refractivity contribution in [1.29, 1.82) is 0 Å². The molecule has 0 atom stereocenters. The number of methoxy groups -OCH3 is 1. The zero-order valence-corrected chi connectivity index (χ0v) is 12.7. The minimum atomic E-state index is -0.363. The summed E-state index contributed by atoms with van der Waals surface area (Å²) in [5, 5.41) is 2.29. The molecule has 112 valence electrons. The molecule has 1 aromatic heterocycles. The van der Waals surface area contributed by atoms with E-state index in [1.165, 1.54) is 13.2 Å². The third-order valence-electron chi connectivity index (χ3n) is 3.59. The molecular weight excluding hydrogens is 303 g/mol. The van der Waals surface area contributed by atoms with Gasteiger partial charge < -0.3 is 10.5 Å². The molecule has 0 spiro atoms. The number of halogens is 2. The maximum Gasteiger partial charge on any atom is 0.134 e. The Kier molecular flexibility index (Phi) is 3.96. The van der Waals surface area contributed by atoms with E-state index in [2.05, 4.69) is 4.98 Å². The van der Waals surface area contributed by atoms with Crippen molar-refractivity contribution < 1.29 is 9.13 Å². The zero-order valence-electron chi connectivity index (χ0n) is 11.9. The summed E-state index contributed by atoms with van der Waals surface area (Å²) in [6, 6.07) is 10.2. The molecule has 2 aromatic carbocycles. The summed E-state index contributed by atoms with van der Waals surface area (Å²) in [7, 11) is 1.50. The highest BCUT2D eigenvalue weighted by Crippen LogP contribution is 2.33. The van der Waals surface area contributed by atoms with Gasteiger partial charge in [0.05, 0.1) is 12.8 Å². The number of pyridine rings is 1. The lowest BCUT2D eigenvalue weighted by Gasteiger charge is -2.11. The van der Waals surface area contributed by atoms with E-state index in [0.717, 1.165) is 16.5 Å². The number of fused-ring (bicyclic) bond motifs is 1. The number of nitrogens with two attached hydrogens (primary N) is 1. The van der Waals surface area contributed by atoms with Gasteiger partial charge in [-0.1, -0.05) is 17.7 Å². The topological polar surface area (TPSA) is 48.1 Å². The van der Waals surface area contributed by atoms with Gasteiger partial charge >= 0.3 is 0 Å². The van der Waals surface area contributed by atoms with E-state index in [9.17, 15) is 4.39 Å². The molecule has 22 heavy (non-hydrogen) atoms. The van der Waals surface area contributed by atoms with E-state index < -0.39 is 0 Å². The highest BCUT2D eigenvalue weighted by Gasteiger charge is 2.13. The van der Waals surface area contributed by atoms with Crippen molar-refractivity contribution in [2.75, 3.05) is 7.11 Å². The molecular formula is C17H14ClFN2O. The number of rotatable bonds is 3. The number of aromatic nitrogens is 1. The second-order valence-electron chi connectivity index (χ2n) is 4.86. The van der Waals surface area contributed by atoms with Gasteiger partial charge in [-0.2, -0.15) is 0 Å². The fourth-order valence-corrected chi connectivity index (χ4v) is 2.66.